The van der Waals surface area contributed by atoms with Gasteiger partial charge in [0.1, 0.15) is 5.75 Å². The van der Waals surface area contributed by atoms with Gasteiger partial charge in [-0.25, -0.2) is 4.99 Å². The highest BCUT2D eigenvalue weighted by atomic mass is 16.5. The molecule has 0 bridgehead atoms. The first-order chi connectivity index (χ1) is 12.5. The molecule has 6 heteroatoms. The molecular weight excluding hydrogens is 330 g/mol. The first kappa shape index (κ1) is 22.0. The van der Waals surface area contributed by atoms with Crippen molar-refractivity contribution in [3.63, 3.8) is 0 Å². The fourth-order valence-electron chi connectivity index (χ4n) is 2.59. The third-order valence-corrected chi connectivity index (χ3v) is 4.16. The summed E-state index contributed by atoms with van der Waals surface area (Å²) in [7, 11) is 1.57. The molecule has 0 radical (unpaired) electrons. The molecule has 0 spiro atoms. The molecule has 1 aromatic carbocycles. The molecule has 0 saturated heterocycles. The highest BCUT2D eigenvalue weighted by molar-refractivity contribution is 6.04. The summed E-state index contributed by atoms with van der Waals surface area (Å²) >= 11 is 0. The molecule has 146 valence electrons. The maximum atomic E-state index is 12.4. The fourth-order valence-corrected chi connectivity index (χ4v) is 2.59. The van der Waals surface area contributed by atoms with E-state index in [4.69, 9.17) is 9.47 Å². The Labute approximate surface area is 157 Å². The van der Waals surface area contributed by atoms with Crippen LogP contribution < -0.4 is 10.1 Å². The van der Waals surface area contributed by atoms with Gasteiger partial charge in [0.25, 0.3) is 11.9 Å². The highest BCUT2D eigenvalue weighted by Gasteiger charge is 2.12. The second-order valence-electron chi connectivity index (χ2n) is 6.07. The molecule has 1 N–H and O–H groups in total. The van der Waals surface area contributed by atoms with Crippen LogP contribution in [0, 0.1) is 0 Å². The number of methoxy groups -OCH3 is 1. The number of carbonyl (C=O) groups is 1. The van der Waals surface area contributed by atoms with Crippen molar-refractivity contribution in [2.75, 3.05) is 33.4 Å². The van der Waals surface area contributed by atoms with Crippen molar-refractivity contribution in [1.29, 1.82) is 0 Å². The number of nitrogens with zero attached hydrogens (tertiary/aromatic N) is 2. The maximum absolute atomic E-state index is 12.4. The molecule has 6 nitrogen and oxygen atoms in total. The Morgan fingerprint density at radius 2 is 2.00 bits per heavy atom. The first-order valence-corrected chi connectivity index (χ1v) is 9.42. The Balaban J connectivity index is 2.65. The van der Waals surface area contributed by atoms with Gasteiger partial charge in [-0.1, -0.05) is 19.9 Å². The largest absolute Gasteiger partial charge is 0.497 e. The second kappa shape index (κ2) is 12.3. The normalized spacial score (nSPS) is 12.8. The smallest absolute Gasteiger partial charge is 0.291 e. The third-order valence-electron chi connectivity index (χ3n) is 4.16. The van der Waals surface area contributed by atoms with Crippen LogP contribution in [0.2, 0.25) is 0 Å². The molecule has 1 amide bonds. The second-order valence-corrected chi connectivity index (χ2v) is 6.07. The van der Waals surface area contributed by atoms with Crippen molar-refractivity contribution >= 4 is 11.9 Å². The summed E-state index contributed by atoms with van der Waals surface area (Å²) in [6.45, 7) is 11.9. The summed E-state index contributed by atoms with van der Waals surface area (Å²) in [5, 5.41) is 2.76. The van der Waals surface area contributed by atoms with Crippen LogP contribution >= 0.6 is 0 Å². The summed E-state index contributed by atoms with van der Waals surface area (Å²) in [5.41, 5.74) is 0.505. The first-order valence-electron chi connectivity index (χ1n) is 9.42. The van der Waals surface area contributed by atoms with E-state index in [0.717, 1.165) is 32.5 Å². The molecule has 26 heavy (non-hydrogen) atoms. The van der Waals surface area contributed by atoms with Gasteiger partial charge in [-0.3, -0.25) is 10.1 Å². The van der Waals surface area contributed by atoms with Crippen molar-refractivity contribution in [3.05, 3.63) is 29.8 Å². The average Bonchev–Trinajstić information content (AvgIpc) is 2.65. The van der Waals surface area contributed by atoms with Gasteiger partial charge in [0, 0.05) is 5.56 Å². The van der Waals surface area contributed by atoms with Gasteiger partial charge >= 0.3 is 0 Å². The van der Waals surface area contributed by atoms with E-state index in [9.17, 15) is 4.79 Å². The quantitative estimate of drug-likeness (QED) is 0.512. The molecule has 1 rings (SSSR count). The molecular formula is C20H33N3O3. The predicted octanol–water partition coefficient (Wildman–Crippen LogP) is 3.33. The Morgan fingerprint density at radius 1 is 1.27 bits per heavy atom. The summed E-state index contributed by atoms with van der Waals surface area (Å²) in [6, 6.07) is 7.35. The lowest BCUT2D eigenvalue weighted by Crippen LogP contribution is -2.33. The van der Waals surface area contributed by atoms with E-state index in [0.29, 0.717) is 17.9 Å². The van der Waals surface area contributed by atoms with Crippen LogP contribution in [0.3, 0.4) is 0 Å². The number of ether oxygens (including phenoxy) is 2. The molecule has 1 atom stereocenters. The van der Waals surface area contributed by atoms with E-state index < -0.39 is 0 Å². The van der Waals surface area contributed by atoms with Gasteiger partial charge < -0.3 is 14.4 Å². The molecule has 0 aliphatic heterocycles. The Morgan fingerprint density at radius 3 is 2.62 bits per heavy atom. The number of amides is 1. The van der Waals surface area contributed by atoms with E-state index in [1.54, 1.807) is 31.4 Å². The fraction of sp³-hybridized carbons (Fsp3) is 0.600. The topological polar surface area (TPSA) is 63.2 Å². The molecule has 1 aromatic rings. The zero-order valence-electron chi connectivity index (χ0n) is 16.7. The zero-order valence-corrected chi connectivity index (χ0v) is 16.7. The monoisotopic (exact) mass is 363 g/mol. The molecule has 0 fully saturated rings. The number of hydrogen-bond donors (Lipinski definition) is 1. The van der Waals surface area contributed by atoms with E-state index >= 15 is 0 Å². The summed E-state index contributed by atoms with van der Waals surface area (Å²) in [5.74, 6) is 0.378. The van der Waals surface area contributed by atoms with Crippen LogP contribution in [0.4, 0.5) is 0 Å². The van der Waals surface area contributed by atoms with Crippen LogP contribution in [0.15, 0.2) is 29.3 Å². The lowest BCUT2D eigenvalue weighted by molar-refractivity contribution is 0.0965. The van der Waals surface area contributed by atoms with Gasteiger partial charge in [-0.05, 0) is 64.5 Å². The van der Waals surface area contributed by atoms with E-state index in [1.807, 2.05) is 13.8 Å². The highest BCUT2D eigenvalue weighted by Crippen LogP contribution is 2.12. The SMILES string of the molecule is CCOC(=N[C@@H](C)CCCN(CC)CC)NC(=O)c1cccc(OC)c1. The van der Waals surface area contributed by atoms with Crippen molar-refractivity contribution in [3.8, 4) is 5.75 Å². The Hall–Kier alpha value is -2.08. The molecule has 0 saturated carbocycles. The maximum Gasteiger partial charge on any atom is 0.291 e. The van der Waals surface area contributed by atoms with Gasteiger partial charge in [0.2, 0.25) is 0 Å². The van der Waals surface area contributed by atoms with E-state index in [2.05, 4.69) is 29.1 Å². The summed E-state index contributed by atoms with van der Waals surface area (Å²) in [6.07, 6.45) is 2.01. The lowest BCUT2D eigenvalue weighted by Gasteiger charge is -2.18. The van der Waals surface area contributed by atoms with Crippen molar-refractivity contribution in [2.45, 2.75) is 46.6 Å². The third kappa shape index (κ3) is 7.87. The number of amidine groups is 1. The lowest BCUT2D eigenvalue weighted by atomic mass is 10.2. The van der Waals surface area contributed by atoms with Crippen molar-refractivity contribution in [2.24, 2.45) is 4.99 Å². The number of rotatable bonds is 10. The molecule has 0 aliphatic carbocycles. The standard InChI is InChI=1S/C20H33N3O3/c1-6-23(7-2)14-10-11-16(4)21-20(26-8-3)22-19(24)17-12-9-13-18(15-17)25-5/h9,12-13,15-16H,6-8,10-11,14H2,1-5H3,(H,21,22,24)/t16-/m0/s1. The number of nitrogens with one attached hydrogen (secondary N) is 1. The van der Waals surface area contributed by atoms with Gasteiger partial charge in [-0.2, -0.15) is 0 Å². The number of benzene rings is 1. The van der Waals surface area contributed by atoms with E-state index in [1.165, 1.54) is 0 Å². The van der Waals surface area contributed by atoms with Gasteiger partial charge in [-0.15, -0.1) is 0 Å². The van der Waals surface area contributed by atoms with Crippen molar-refractivity contribution < 1.29 is 14.3 Å². The minimum atomic E-state index is -0.258. The molecule has 0 unspecified atom stereocenters. The summed E-state index contributed by atoms with van der Waals surface area (Å²) < 4.78 is 10.7. The molecule has 0 aromatic heterocycles. The van der Waals surface area contributed by atoms with Crippen LogP contribution in [-0.2, 0) is 4.74 Å². The van der Waals surface area contributed by atoms with Crippen LogP contribution in [0.1, 0.15) is 50.9 Å². The van der Waals surface area contributed by atoms with Crippen LogP contribution in [0.25, 0.3) is 0 Å². The number of carbonyl (C=O) groups excluding carboxylic acids is 1. The van der Waals surface area contributed by atoms with Gasteiger partial charge in [0.15, 0.2) is 0 Å². The predicted molar refractivity (Wildman–Crippen MR) is 106 cm³/mol. The van der Waals surface area contributed by atoms with Gasteiger partial charge in [0.05, 0.1) is 19.8 Å². The van der Waals surface area contributed by atoms with Crippen LogP contribution in [0.5, 0.6) is 5.75 Å². The van der Waals surface area contributed by atoms with Crippen molar-refractivity contribution in [1.82, 2.24) is 10.2 Å². The number of aliphatic imine (C=N–C) groups is 1. The molecule has 0 aliphatic rings. The zero-order chi connectivity index (χ0) is 19.4. The number of hydrogen-bond acceptors (Lipinski definition) is 5. The molecule has 0 heterocycles. The Bertz CT molecular complexity index is 571. The van der Waals surface area contributed by atoms with E-state index in [-0.39, 0.29) is 18.0 Å². The Kier molecular flexibility index (Phi) is 10.4. The summed E-state index contributed by atoms with van der Waals surface area (Å²) in [4.78, 5) is 19.4. The average molecular weight is 364 g/mol. The van der Waals surface area contributed by atoms with Crippen LogP contribution in [-0.4, -0.2) is 56.2 Å². The minimum absolute atomic E-state index is 0.0812. The minimum Gasteiger partial charge on any atom is -0.497 e.